The number of sulfone groups is 1. The molecule has 1 saturated heterocycles. The first-order valence-electron chi connectivity index (χ1n) is 5.17. The Morgan fingerprint density at radius 1 is 1.35 bits per heavy atom. The SMILES string of the molecule is CS(=O)(=O)c1cc(N2CCOCC2)cc(Br)n1. The number of hydrogen-bond donors (Lipinski definition) is 0. The molecule has 0 atom stereocenters. The zero-order valence-electron chi connectivity index (χ0n) is 9.39. The quantitative estimate of drug-likeness (QED) is 0.763. The number of ether oxygens (including phenoxy) is 1. The lowest BCUT2D eigenvalue weighted by molar-refractivity contribution is 0.122. The second-order valence-corrected chi connectivity index (χ2v) is 6.63. The number of nitrogens with zero attached hydrogens (tertiary/aromatic N) is 2. The van der Waals surface area contributed by atoms with Crippen LogP contribution in [0.15, 0.2) is 21.8 Å². The number of halogens is 1. The van der Waals surface area contributed by atoms with Gasteiger partial charge in [-0.25, -0.2) is 13.4 Å². The van der Waals surface area contributed by atoms with Crippen LogP contribution in [0.5, 0.6) is 0 Å². The Balaban J connectivity index is 2.37. The van der Waals surface area contributed by atoms with Gasteiger partial charge in [0.25, 0.3) is 0 Å². The van der Waals surface area contributed by atoms with E-state index in [2.05, 4.69) is 25.8 Å². The van der Waals surface area contributed by atoms with Crippen molar-refractivity contribution in [3.8, 4) is 0 Å². The number of pyridine rings is 1. The number of aromatic nitrogens is 1. The van der Waals surface area contributed by atoms with Crippen LogP contribution in [-0.2, 0) is 14.6 Å². The van der Waals surface area contributed by atoms with Crippen LogP contribution >= 0.6 is 15.9 Å². The Morgan fingerprint density at radius 3 is 2.59 bits per heavy atom. The predicted molar refractivity (Wildman–Crippen MR) is 68.1 cm³/mol. The molecular weight excluding hydrogens is 308 g/mol. The van der Waals surface area contributed by atoms with Crippen molar-refractivity contribution in [2.75, 3.05) is 37.5 Å². The first-order valence-corrected chi connectivity index (χ1v) is 7.85. The first kappa shape index (κ1) is 12.8. The van der Waals surface area contributed by atoms with Crippen LogP contribution in [0.1, 0.15) is 0 Å². The van der Waals surface area contributed by atoms with Gasteiger partial charge in [0.1, 0.15) is 4.60 Å². The summed E-state index contributed by atoms with van der Waals surface area (Å²) in [6.45, 7) is 2.85. The highest BCUT2D eigenvalue weighted by Gasteiger charge is 2.16. The Hall–Kier alpha value is -0.660. The maximum Gasteiger partial charge on any atom is 0.192 e. The van der Waals surface area contributed by atoms with Crippen molar-refractivity contribution >= 4 is 31.5 Å². The summed E-state index contributed by atoms with van der Waals surface area (Å²) in [5.74, 6) is 0. The molecule has 0 bridgehead atoms. The maximum absolute atomic E-state index is 11.5. The normalized spacial score (nSPS) is 17.2. The fourth-order valence-corrected chi connectivity index (χ4v) is 2.80. The molecule has 94 valence electrons. The first-order chi connectivity index (χ1) is 7.97. The molecule has 0 unspecified atom stereocenters. The van der Waals surface area contributed by atoms with Crippen LogP contribution in [0.2, 0.25) is 0 Å². The minimum absolute atomic E-state index is 0.0911. The molecule has 2 rings (SSSR count). The fourth-order valence-electron chi connectivity index (χ4n) is 1.65. The lowest BCUT2D eigenvalue weighted by Crippen LogP contribution is -2.36. The van der Waals surface area contributed by atoms with Crippen LogP contribution in [0.3, 0.4) is 0 Å². The van der Waals surface area contributed by atoms with Crippen molar-refractivity contribution in [1.82, 2.24) is 4.98 Å². The minimum Gasteiger partial charge on any atom is -0.378 e. The molecule has 1 fully saturated rings. The third kappa shape index (κ3) is 3.17. The molecule has 1 aromatic rings. The molecule has 0 N–H and O–H groups in total. The highest BCUT2D eigenvalue weighted by molar-refractivity contribution is 9.10. The second kappa shape index (κ2) is 4.91. The summed E-state index contributed by atoms with van der Waals surface area (Å²) in [7, 11) is -3.29. The van der Waals surface area contributed by atoms with Crippen molar-refractivity contribution in [2.45, 2.75) is 5.03 Å². The van der Waals surface area contributed by atoms with Crippen molar-refractivity contribution in [3.63, 3.8) is 0 Å². The topological polar surface area (TPSA) is 59.5 Å². The van der Waals surface area contributed by atoms with E-state index in [1.165, 1.54) is 0 Å². The summed E-state index contributed by atoms with van der Waals surface area (Å²) in [4.78, 5) is 6.06. The van der Waals surface area contributed by atoms with Gasteiger partial charge in [-0.2, -0.15) is 0 Å². The zero-order valence-corrected chi connectivity index (χ0v) is 11.8. The monoisotopic (exact) mass is 320 g/mol. The Labute approximate surface area is 109 Å². The van der Waals surface area contributed by atoms with E-state index in [1.807, 2.05) is 6.07 Å². The van der Waals surface area contributed by atoms with Crippen molar-refractivity contribution in [3.05, 3.63) is 16.7 Å². The van der Waals surface area contributed by atoms with Gasteiger partial charge in [0.05, 0.1) is 13.2 Å². The molecule has 5 nitrogen and oxygen atoms in total. The van der Waals surface area contributed by atoms with Gasteiger partial charge in [-0.1, -0.05) is 0 Å². The Bertz CT molecular complexity index is 512. The molecule has 1 aliphatic rings. The molecule has 0 saturated carbocycles. The van der Waals surface area contributed by atoms with Crippen molar-refractivity contribution in [1.29, 1.82) is 0 Å². The highest BCUT2D eigenvalue weighted by Crippen LogP contribution is 2.23. The molecule has 0 aromatic carbocycles. The molecule has 1 aliphatic heterocycles. The Kier molecular flexibility index (Phi) is 3.70. The third-order valence-electron chi connectivity index (χ3n) is 2.51. The zero-order chi connectivity index (χ0) is 12.5. The minimum atomic E-state index is -3.29. The molecule has 17 heavy (non-hydrogen) atoms. The summed E-state index contributed by atoms with van der Waals surface area (Å²) in [5, 5.41) is 0.0911. The molecule has 7 heteroatoms. The van der Waals surface area contributed by atoms with E-state index in [9.17, 15) is 8.42 Å². The molecule has 2 heterocycles. The maximum atomic E-state index is 11.5. The van der Waals surface area contributed by atoms with E-state index in [1.54, 1.807) is 6.07 Å². The lowest BCUT2D eigenvalue weighted by Gasteiger charge is -2.29. The van der Waals surface area contributed by atoms with E-state index in [0.717, 1.165) is 25.0 Å². The van der Waals surface area contributed by atoms with Crippen LogP contribution in [0, 0.1) is 0 Å². The number of morpholine rings is 1. The lowest BCUT2D eigenvalue weighted by atomic mass is 10.3. The van der Waals surface area contributed by atoms with E-state index >= 15 is 0 Å². The summed E-state index contributed by atoms with van der Waals surface area (Å²) in [5.41, 5.74) is 0.857. The van der Waals surface area contributed by atoms with Gasteiger partial charge in [-0.15, -0.1) is 0 Å². The molecule has 0 radical (unpaired) electrons. The third-order valence-corrected chi connectivity index (χ3v) is 3.89. The summed E-state index contributed by atoms with van der Waals surface area (Å²) in [6, 6.07) is 3.42. The van der Waals surface area contributed by atoms with Gasteiger partial charge < -0.3 is 9.64 Å². The van der Waals surface area contributed by atoms with E-state index < -0.39 is 9.84 Å². The van der Waals surface area contributed by atoms with Gasteiger partial charge in [0.15, 0.2) is 14.9 Å². The van der Waals surface area contributed by atoms with Crippen LogP contribution in [0.4, 0.5) is 5.69 Å². The van der Waals surface area contributed by atoms with Gasteiger partial charge in [-0.05, 0) is 28.1 Å². The standard InChI is InChI=1S/C10H13BrN2O3S/c1-17(14,15)10-7-8(6-9(11)12-10)13-2-4-16-5-3-13/h6-7H,2-5H2,1H3. The number of rotatable bonds is 2. The van der Waals surface area contributed by atoms with Gasteiger partial charge in [-0.3, -0.25) is 0 Å². The van der Waals surface area contributed by atoms with Gasteiger partial charge in [0.2, 0.25) is 0 Å². The molecule has 0 amide bonds. The van der Waals surface area contributed by atoms with Gasteiger partial charge in [0, 0.05) is 25.0 Å². The average molecular weight is 321 g/mol. The molecule has 0 spiro atoms. The second-order valence-electron chi connectivity index (χ2n) is 3.86. The molecular formula is C10H13BrN2O3S. The smallest absolute Gasteiger partial charge is 0.192 e. The van der Waals surface area contributed by atoms with Crippen molar-refractivity contribution in [2.24, 2.45) is 0 Å². The predicted octanol–water partition coefficient (Wildman–Crippen LogP) is 1.08. The van der Waals surface area contributed by atoms with E-state index in [0.29, 0.717) is 17.8 Å². The summed E-state index contributed by atoms with van der Waals surface area (Å²) < 4.78 is 28.8. The highest BCUT2D eigenvalue weighted by atomic mass is 79.9. The van der Waals surface area contributed by atoms with E-state index in [4.69, 9.17) is 4.74 Å². The van der Waals surface area contributed by atoms with Crippen LogP contribution in [-0.4, -0.2) is 46.0 Å². The average Bonchev–Trinajstić information content (AvgIpc) is 2.28. The Morgan fingerprint density at radius 2 is 2.00 bits per heavy atom. The van der Waals surface area contributed by atoms with Crippen molar-refractivity contribution < 1.29 is 13.2 Å². The number of hydrogen-bond acceptors (Lipinski definition) is 5. The van der Waals surface area contributed by atoms with Crippen LogP contribution < -0.4 is 4.90 Å². The molecule has 1 aromatic heterocycles. The van der Waals surface area contributed by atoms with E-state index in [-0.39, 0.29) is 5.03 Å². The molecule has 0 aliphatic carbocycles. The fraction of sp³-hybridized carbons (Fsp3) is 0.500. The summed E-state index contributed by atoms with van der Waals surface area (Å²) >= 11 is 3.24. The summed E-state index contributed by atoms with van der Waals surface area (Å²) in [6.07, 6.45) is 1.16. The largest absolute Gasteiger partial charge is 0.378 e. The number of anilines is 1. The van der Waals surface area contributed by atoms with Gasteiger partial charge >= 0.3 is 0 Å². The van der Waals surface area contributed by atoms with Crippen LogP contribution in [0.25, 0.3) is 0 Å².